The van der Waals surface area contributed by atoms with E-state index in [9.17, 15) is 4.57 Å². The second-order valence-corrected chi connectivity index (χ2v) is 4.94. The molecule has 4 nitrogen and oxygen atoms in total. The summed E-state index contributed by atoms with van der Waals surface area (Å²) in [7, 11) is -3.87. The first-order valence-corrected chi connectivity index (χ1v) is 6.13. The Kier molecular flexibility index (Phi) is 3.84. The summed E-state index contributed by atoms with van der Waals surface area (Å²) in [6, 6.07) is 7.43. The van der Waals surface area contributed by atoms with Crippen LogP contribution in [-0.2, 0) is 17.5 Å². The highest BCUT2D eigenvalue weighted by atomic mass is 31.2. The molecule has 0 radical (unpaired) electrons. The number of hydrogen-bond acceptors (Lipinski definition) is 2. The summed E-state index contributed by atoms with van der Waals surface area (Å²) in [6.07, 6.45) is 0.296. The fourth-order valence-corrected chi connectivity index (χ4v) is 1.67. The molecule has 4 N–H and O–H groups in total. The zero-order valence-corrected chi connectivity index (χ0v) is 8.65. The third-order valence-corrected chi connectivity index (χ3v) is 2.76. The maximum atomic E-state index is 10.6. The minimum atomic E-state index is -3.87. The van der Waals surface area contributed by atoms with Gasteiger partial charge in [-0.1, -0.05) is 24.3 Å². The normalized spacial score (nSPS) is 11.6. The second kappa shape index (κ2) is 4.71. The molecule has 1 rings (SSSR count). The molecule has 0 aromatic heterocycles. The molecule has 0 bridgehead atoms. The van der Waals surface area contributed by atoms with Gasteiger partial charge < -0.3 is 15.5 Å². The molecule has 0 spiro atoms. The van der Waals surface area contributed by atoms with Crippen molar-refractivity contribution in [3.05, 3.63) is 35.4 Å². The van der Waals surface area contributed by atoms with Crippen LogP contribution in [0.1, 0.15) is 11.1 Å². The lowest BCUT2D eigenvalue weighted by atomic mass is 10.1. The smallest absolute Gasteiger partial charge is 0.325 e. The van der Waals surface area contributed by atoms with Crippen LogP contribution < -0.4 is 5.73 Å². The Labute approximate surface area is 82.9 Å². The van der Waals surface area contributed by atoms with Crippen LogP contribution in [0.2, 0.25) is 0 Å². The second-order valence-electron chi connectivity index (χ2n) is 3.16. The Hall–Kier alpha value is -0.670. The van der Waals surface area contributed by atoms with E-state index in [0.29, 0.717) is 13.0 Å². The van der Waals surface area contributed by atoms with E-state index in [2.05, 4.69) is 0 Å². The first kappa shape index (κ1) is 11.4. The highest BCUT2D eigenvalue weighted by Crippen LogP contribution is 2.34. The summed E-state index contributed by atoms with van der Waals surface area (Å²) >= 11 is 0. The van der Waals surface area contributed by atoms with Crippen molar-refractivity contribution < 1.29 is 14.4 Å². The highest BCUT2D eigenvalue weighted by Gasteiger charge is 2.11. The lowest BCUT2D eigenvalue weighted by Gasteiger charge is -2.04. The third-order valence-electron chi connectivity index (χ3n) is 1.95. The van der Waals surface area contributed by atoms with Gasteiger partial charge in [-0.05, 0) is 17.5 Å². The van der Waals surface area contributed by atoms with Gasteiger partial charge in [-0.3, -0.25) is 4.57 Å². The molecule has 1 aromatic carbocycles. The molecule has 78 valence electrons. The Balaban J connectivity index is 2.56. The van der Waals surface area contributed by atoms with E-state index in [4.69, 9.17) is 15.5 Å². The predicted octanol–water partition coefficient (Wildman–Crippen LogP) is 0.865. The zero-order chi connectivity index (χ0) is 10.6. The number of benzene rings is 1. The van der Waals surface area contributed by atoms with Gasteiger partial charge in [0.05, 0.1) is 6.16 Å². The molecule has 0 atom stereocenters. The van der Waals surface area contributed by atoms with Crippen molar-refractivity contribution in [1.82, 2.24) is 0 Å². The minimum absolute atomic E-state index is 0.102. The molecule has 0 aliphatic carbocycles. The van der Waals surface area contributed by atoms with Gasteiger partial charge in [0.2, 0.25) is 0 Å². The number of rotatable bonds is 4. The van der Waals surface area contributed by atoms with Crippen LogP contribution in [0.3, 0.4) is 0 Å². The van der Waals surface area contributed by atoms with Gasteiger partial charge in [0.25, 0.3) is 0 Å². The fourth-order valence-electron chi connectivity index (χ4n) is 1.12. The van der Waals surface area contributed by atoms with Gasteiger partial charge in [-0.15, -0.1) is 0 Å². The van der Waals surface area contributed by atoms with Crippen molar-refractivity contribution >= 4 is 7.60 Å². The first-order chi connectivity index (χ1) is 6.51. The van der Waals surface area contributed by atoms with Crippen molar-refractivity contribution in [3.8, 4) is 0 Å². The Bertz CT molecular complexity index is 330. The molecule has 0 aliphatic rings. The van der Waals surface area contributed by atoms with Crippen LogP contribution in [0.5, 0.6) is 0 Å². The average Bonchev–Trinajstić information content (AvgIpc) is 2.14. The topological polar surface area (TPSA) is 83.6 Å². The van der Waals surface area contributed by atoms with Gasteiger partial charge >= 0.3 is 7.60 Å². The van der Waals surface area contributed by atoms with Crippen molar-refractivity contribution in [2.75, 3.05) is 6.16 Å². The van der Waals surface area contributed by atoms with E-state index < -0.39 is 7.60 Å². The van der Waals surface area contributed by atoms with Crippen LogP contribution in [0.4, 0.5) is 0 Å². The Morgan fingerprint density at radius 1 is 1.14 bits per heavy atom. The van der Waals surface area contributed by atoms with Crippen LogP contribution in [-0.4, -0.2) is 15.9 Å². The summed E-state index contributed by atoms with van der Waals surface area (Å²) in [4.78, 5) is 17.3. The molecule has 1 aromatic rings. The molecule has 0 saturated carbocycles. The SMILES string of the molecule is NCc1ccc(CCP(=O)(O)O)cc1. The predicted molar refractivity (Wildman–Crippen MR) is 54.9 cm³/mol. The van der Waals surface area contributed by atoms with Crippen LogP contribution in [0, 0.1) is 0 Å². The van der Waals surface area contributed by atoms with Gasteiger partial charge in [-0.2, -0.15) is 0 Å². The summed E-state index contributed by atoms with van der Waals surface area (Å²) < 4.78 is 10.6. The first-order valence-electron chi connectivity index (χ1n) is 4.34. The summed E-state index contributed by atoms with van der Waals surface area (Å²) in [5.74, 6) is 0. The summed E-state index contributed by atoms with van der Waals surface area (Å²) in [5, 5.41) is 0. The van der Waals surface area contributed by atoms with E-state index in [1.165, 1.54) is 0 Å². The zero-order valence-electron chi connectivity index (χ0n) is 7.76. The fraction of sp³-hybridized carbons (Fsp3) is 0.333. The van der Waals surface area contributed by atoms with Crippen molar-refractivity contribution in [2.24, 2.45) is 5.73 Å². The average molecular weight is 215 g/mol. The van der Waals surface area contributed by atoms with Crippen molar-refractivity contribution in [1.29, 1.82) is 0 Å². The minimum Gasteiger partial charge on any atom is -0.326 e. The van der Waals surface area contributed by atoms with E-state index in [0.717, 1.165) is 11.1 Å². The lowest BCUT2D eigenvalue weighted by Crippen LogP contribution is -1.97. The standard InChI is InChI=1S/C9H14NO3P/c10-7-9-3-1-8(2-4-9)5-6-14(11,12)13/h1-4H,5-7,10H2,(H2,11,12,13). The molecule has 0 saturated heterocycles. The van der Waals surface area contributed by atoms with Crippen molar-refractivity contribution in [3.63, 3.8) is 0 Å². The maximum absolute atomic E-state index is 10.6. The van der Waals surface area contributed by atoms with E-state index in [-0.39, 0.29) is 6.16 Å². The quantitative estimate of drug-likeness (QED) is 0.650. The summed E-state index contributed by atoms with van der Waals surface area (Å²) in [6.45, 7) is 0.485. The molecule has 0 amide bonds. The molecule has 14 heavy (non-hydrogen) atoms. The number of aryl methyl sites for hydroxylation is 1. The highest BCUT2D eigenvalue weighted by molar-refractivity contribution is 7.51. The molecular formula is C9H14NO3P. The van der Waals surface area contributed by atoms with Crippen LogP contribution in [0.25, 0.3) is 0 Å². The Morgan fingerprint density at radius 3 is 2.07 bits per heavy atom. The lowest BCUT2D eigenvalue weighted by molar-refractivity contribution is 0.373. The summed E-state index contributed by atoms with van der Waals surface area (Å²) in [5.41, 5.74) is 7.36. The number of hydrogen-bond donors (Lipinski definition) is 3. The molecule has 0 fully saturated rings. The van der Waals surface area contributed by atoms with E-state index in [1.54, 1.807) is 0 Å². The van der Waals surface area contributed by atoms with Gasteiger partial charge in [0.1, 0.15) is 0 Å². The third kappa shape index (κ3) is 4.03. The molecule has 0 aliphatic heterocycles. The van der Waals surface area contributed by atoms with Crippen molar-refractivity contribution in [2.45, 2.75) is 13.0 Å². The van der Waals surface area contributed by atoms with Gasteiger partial charge in [0, 0.05) is 6.54 Å². The monoisotopic (exact) mass is 215 g/mol. The van der Waals surface area contributed by atoms with Gasteiger partial charge in [-0.25, -0.2) is 0 Å². The van der Waals surface area contributed by atoms with Gasteiger partial charge in [0.15, 0.2) is 0 Å². The molecular weight excluding hydrogens is 201 g/mol. The number of nitrogens with two attached hydrogens (primary N) is 1. The molecule has 0 unspecified atom stereocenters. The van der Waals surface area contributed by atoms with E-state index in [1.807, 2.05) is 24.3 Å². The van der Waals surface area contributed by atoms with Crippen LogP contribution >= 0.6 is 7.60 Å². The molecule has 0 heterocycles. The Morgan fingerprint density at radius 2 is 1.64 bits per heavy atom. The molecule has 5 heteroatoms. The van der Waals surface area contributed by atoms with E-state index >= 15 is 0 Å². The van der Waals surface area contributed by atoms with Crippen LogP contribution in [0.15, 0.2) is 24.3 Å². The largest absolute Gasteiger partial charge is 0.326 e. The maximum Gasteiger partial charge on any atom is 0.325 e.